The number of halogens is 3. The molecule has 1 aliphatic rings. The van der Waals surface area contributed by atoms with Gasteiger partial charge in [0.25, 0.3) is 0 Å². The predicted octanol–water partition coefficient (Wildman–Crippen LogP) is 0.927. The highest BCUT2D eigenvalue weighted by Crippen LogP contribution is 2.15. The fraction of sp³-hybridized carbons (Fsp3) is 1.00. The SMILES string of the molecule is FC(F)(F)COCC1CCN1. The molecule has 66 valence electrons. The normalized spacial score (nSPS) is 24.8. The molecule has 0 aliphatic carbocycles. The lowest BCUT2D eigenvalue weighted by atomic mass is 10.1. The van der Waals surface area contributed by atoms with Gasteiger partial charge in [-0.15, -0.1) is 0 Å². The van der Waals surface area contributed by atoms with Crippen LogP contribution < -0.4 is 5.32 Å². The number of ether oxygens (including phenoxy) is 1. The molecule has 1 heterocycles. The van der Waals surface area contributed by atoms with Crippen molar-refractivity contribution >= 4 is 0 Å². The summed E-state index contributed by atoms with van der Waals surface area (Å²) >= 11 is 0. The highest BCUT2D eigenvalue weighted by molar-refractivity contribution is 4.76. The molecule has 1 unspecified atom stereocenters. The van der Waals surface area contributed by atoms with Crippen LogP contribution in [0.1, 0.15) is 6.42 Å². The molecule has 1 rings (SSSR count). The zero-order valence-corrected chi connectivity index (χ0v) is 5.95. The van der Waals surface area contributed by atoms with Crippen molar-refractivity contribution in [2.24, 2.45) is 0 Å². The summed E-state index contributed by atoms with van der Waals surface area (Å²) in [6.07, 6.45) is -3.28. The molecule has 1 atom stereocenters. The number of hydrogen-bond donors (Lipinski definition) is 1. The Kier molecular flexibility index (Phi) is 2.72. The first kappa shape index (κ1) is 8.80. The van der Waals surface area contributed by atoms with E-state index < -0.39 is 12.8 Å². The minimum Gasteiger partial charge on any atom is -0.370 e. The van der Waals surface area contributed by atoms with Crippen LogP contribution in [-0.4, -0.2) is 32.0 Å². The zero-order valence-electron chi connectivity index (χ0n) is 5.95. The molecule has 0 aromatic heterocycles. The molecule has 0 aromatic rings. The van der Waals surface area contributed by atoms with Gasteiger partial charge in [0.2, 0.25) is 0 Å². The Balaban J connectivity index is 1.95. The maximum Gasteiger partial charge on any atom is 0.411 e. The second-order valence-electron chi connectivity index (χ2n) is 2.57. The zero-order chi connectivity index (χ0) is 8.32. The molecule has 2 nitrogen and oxygen atoms in total. The number of nitrogens with one attached hydrogen (secondary N) is 1. The molecule has 1 aliphatic heterocycles. The van der Waals surface area contributed by atoms with Gasteiger partial charge in [-0.2, -0.15) is 13.2 Å². The van der Waals surface area contributed by atoms with Gasteiger partial charge in [0.05, 0.1) is 6.61 Å². The third-order valence-electron chi connectivity index (χ3n) is 1.51. The van der Waals surface area contributed by atoms with Crippen molar-refractivity contribution in [2.75, 3.05) is 19.8 Å². The van der Waals surface area contributed by atoms with E-state index in [0.29, 0.717) is 0 Å². The van der Waals surface area contributed by atoms with E-state index in [9.17, 15) is 13.2 Å². The Morgan fingerprint density at radius 2 is 2.09 bits per heavy atom. The van der Waals surface area contributed by atoms with Crippen LogP contribution in [0.3, 0.4) is 0 Å². The molecule has 5 heteroatoms. The highest BCUT2D eigenvalue weighted by Gasteiger charge is 2.28. The van der Waals surface area contributed by atoms with E-state index in [-0.39, 0.29) is 12.6 Å². The van der Waals surface area contributed by atoms with Crippen LogP contribution in [0.2, 0.25) is 0 Å². The monoisotopic (exact) mass is 169 g/mol. The highest BCUT2D eigenvalue weighted by atomic mass is 19.4. The van der Waals surface area contributed by atoms with Crippen LogP contribution in [0, 0.1) is 0 Å². The van der Waals surface area contributed by atoms with Crippen LogP contribution in [0.4, 0.5) is 13.2 Å². The number of hydrogen-bond acceptors (Lipinski definition) is 2. The smallest absolute Gasteiger partial charge is 0.370 e. The first-order valence-corrected chi connectivity index (χ1v) is 3.46. The van der Waals surface area contributed by atoms with Crippen molar-refractivity contribution < 1.29 is 17.9 Å². The van der Waals surface area contributed by atoms with Gasteiger partial charge < -0.3 is 10.1 Å². The second-order valence-corrected chi connectivity index (χ2v) is 2.57. The standard InChI is InChI=1S/C6H10F3NO/c7-6(8,9)4-11-3-5-1-2-10-5/h5,10H,1-4H2. The lowest BCUT2D eigenvalue weighted by Crippen LogP contribution is -2.46. The van der Waals surface area contributed by atoms with Gasteiger partial charge in [-0.3, -0.25) is 0 Å². The third kappa shape index (κ3) is 3.57. The summed E-state index contributed by atoms with van der Waals surface area (Å²) in [7, 11) is 0. The van der Waals surface area contributed by atoms with Gasteiger partial charge in [-0.25, -0.2) is 0 Å². The molecule has 11 heavy (non-hydrogen) atoms. The van der Waals surface area contributed by atoms with Gasteiger partial charge in [0, 0.05) is 6.04 Å². The van der Waals surface area contributed by atoms with Crippen LogP contribution in [0.15, 0.2) is 0 Å². The van der Waals surface area contributed by atoms with Crippen molar-refractivity contribution in [1.29, 1.82) is 0 Å². The van der Waals surface area contributed by atoms with E-state index in [2.05, 4.69) is 10.1 Å². The lowest BCUT2D eigenvalue weighted by molar-refractivity contribution is -0.176. The van der Waals surface area contributed by atoms with E-state index in [1.807, 2.05) is 0 Å². The molecule has 1 saturated heterocycles. The first-order valence-electron chi connectivity index (χ1n) is 3.46. The van der Waals surface area contributed by atoms with Crippen molar-refractivity contribution in [3.8, 4) is 0 Å². The largest absolute Gasteiger partial charge is 0.411 e. The van der Waals surface area contributed by atoms with E-state index >= 15 is 0 Å². The van der Waals surface area contributed by atoms with Gasteiger partial charge >= 0.3 is 6.18 Å². The Bertz CT molecular complexity index is 121. The average Bonchev–Trinajstić information content (AvgIpc) is 1.73. The quantitative estimate of drug-likeness (QED) is 0.678. The minimum atomic E-state index is -4.19. The maximum absolute atomic E-state index is 11.5. The molecule has 0 spiro atoms. The van der Waals surface area contributed by atoms with E-state index in [1.54, 1.807) is 0 Å². The molecule has 0 radical (unpaired) electrons. The van der Waals surface area contributed by atoms with Crippen molar-refractivity contribution in [3.05, 3.63) is 0 Å². The fourth-order valence-electron chi connectivity index (χ4n) is 0.808. The predicted molar refractivity (Wildman–Crippen MR) is 33.3 cm³/mol. The van der Waals surface area contributed by atoms with E-state index in [1.165, 1.54) is 0 Å². The van der Waals surface area contributed by atoms with Gasteiger partial charge in [0.1, 0.15) is 6.61 Å². The molecule has 0 bridgehead atoms. The summed E-state index contributed by atoms with van der Waals surface area (Å²) < 4.78 is 38.9. The molecule has 1 fully saturated rings. The van der Waals surface area contributed by atoms with Crippen LogP contribution in [-0.2, 0) is 4.74 Å². The summed E-state index contributed by atoms with van der Waals surface area (Å²) in [6, 6.07) is 0.136. The molecular formula is C6H10F3NO. The van der Waals surface area contributed by atoms with Crippen LogP contribution >= 0.6 is 0 Å². The van der Waals surface area contributed by atoms with Crippen LogP contribution in [0.25, 0.3) is 0 Å². The summed E-state index contributed by atoms with van der Waals surface area (Å²) in [4.78, 5) is 0. The van der Waals surface area contributed by atoms with Gasteiger partial charge in [0.15, 0.2) is 0 Å². The average molecular weight is 169 g/mol. The van der Waals surface area contributed by atoms with Crippen LogP contribution in [0.5, 0.6) is 0 Å². The summed E-state index contributed by atoms with van der Waals surface area (Å²) in [6.45, 7) is -0.0786. The van der Waals surface area contributed by atoms with E-state index in [0.717, 1.165) is 13.0 Å². The Morgan fingerprint density at radius 1 is 1.45 bits per heavy atom. The van der Waals surface area contributed by atoms with Crippen molar-refractivity contribution in [2.45, 2.75) is 18.6 Å². The summed E-state index contributed by atoms with van der Waals surface area (Å²) in [5.41, 5.74) is 0. The maximum atomic E-state index is 11.5. The lowest BCUT2D eigenvalue weighted by Gasteiger charge is -2.27. The molecule has 0 aromatic carbocycles. The van der Waals surface area contributed by atoms with E-state index in [4.69, 9.17) is 0 Å². The Labute approximate surface area is 62.7 Å². The Hall–Kier alpha value is -0.290. The molecule has 1 N–H and O–H groups in total. The third-order valence-corrected chi connectivity index (χ3v) is 1.51. The number of rotatable bonds is 3. The van der Waals surface area contributed by atoms with Gasteiger partial charge in [-0.05, 0) is 13.0 Å². The summed E-state index contributed by atoms with van der Waals surface area (Å²) in [5, 5.41) is 2.94. The second kappa shape index (κ2) is 3.40. The molecular weight excluding hydrogens is 159 g/mol. The summed E-state index contributed by atoms with van der Waals surface area (Å²) in [5.74, 6) is 0. The number of alkyl halides is 3. The topological polar surface area (TPSA) is 21.3 Å². The first-order chi connectivity index (χ1) is 5.08. The molecule has 0 amide bonds. The fourth-order valence-corrected chi connectivity index (χ4v) is 0.808. The van der Waals surface area contributed by atoms with Crippen molar-refractivity contribution in [3.63, 3.8) is 0 Å². The van der Waals surface area contributed by atoms with Crippen molar-refractivity contribution in [1.82, 2.24) is 5.32 Å². The Morgan fingerprint density at radius 3 is 2.45 bits per heavy atom. The van der Waals surface area contributed by atoms with Gasteiger partial charge in [-0.1, -0.05) is 0 Å². The molecule has 0 saturated carbocycles. The minimum absolute atomic E-state index is 0.136.